The number of carbonyl (C=O) groups excluding carboxylic acids is 1. The van der Waals surface area contributed by atoms with E-state index in [2.05, 4.69) is 6.08 Å². The van der Waals surface area contributed by atoms with Crippen LogP contribution in [0.25, 0.3) is 5.57 Å². The van der Waals surface area contributed by atoms with Gasteiger partial charge in [0.05, 0.1) is 12.5 Å². The largest absolute Gasteiger partial charge is 0.293 e. The van der Waals surface area contributed by atoms with Crippen molar-refractivity contribution in [1.82, 2.24) is 0 Å². The van der Waals surface area contributed by atoms with Gasteiger partial charge in [-0.05, 0) is 30.4 Å². The van der Waals surface area contributed by atoms with Gasteiger partial charge in [0.2, 0.25) is 0 Å². The molecule has 0 saturated carbocycles. The average molecular weight is 211 g/mol. The monoisotopic (exact) mass is 211 g/mol. The zero-order valence-electron chi connectivity index (χ0n) is 9.07. The maximum atomic E-state index is 11.8. The Morgan fingerprint density at radius 1 is 1.38 bits per heavy atom. The highest BCUT2D eigenvalue weighted by Crippen LogP contribution is 2.30. The zero-order chi connectivity index (χ0) is 11.4. The van der Waals surface area contributed by atoms with E-state index in [0.717, 1.165) is 24.8 Å². The molecule has 0 saturated heterocycles. The second-order valence-electron chi connectivity index (χ2n) is 3.93. The maximum absolute atomic E-state index is 11.8. The second-order valence-corrected chi connectivity index (χ2v) is 3.93. The van der Waals surface area contributed by atoms with Gasteiger partial charge in [-0.2, -0.15) is 5.26 Å². The van der Waals surface area contributed by atoms with Gasteiger partial charge in [-0.3, -0.25) is 4.79 Å². The van der Waals surface area contributed by atoms with Crippen LogP contribution in [0.3, 0.4) is 0 Å². The Kier molecular flexibility index (Phi) is 3.16. The summed E-state index contributed by atoms with van der Waals surface area (Å²) < 4.78 is 0. The molecule has 2 rings (SSSR count). The van der Waals surface area contributed by atoms with Crippen molar-refractivity contribution in [3.05, 3.63) is 41.5 Å². The molecule has 16 heavy (non-hydrogen) atoms. The third kappa shape index (κ3) is 2.04. The number of Topliss-reactive ketones (excluding diaryl/α,β-unsaturated/α-hetero) is 1. The number of nitriles is 1. The van der Waals surface area contributed by atoms with Crippen molar-refractivity contribution in [3.63, 3.8) is 0 Å². The van der Waals surface area contributed by atoms with Gasteiger partial charge in [-0.15, -0.1) is 0 Å². The van der Waals surface area contributed by atoms with Crippen molar-refractivity contribution in [2.24, 2.45) is 0 Å². The average Bonchev–Trinajstić information content (AvgIpc) is 2.83. The first-order chi connectivity index (χ1) is 7.83. The molecule has 0 N–H and O–H groups in total. The lowest BCUT2D eigenvalue weighted by Crippen LogP contribution is -2.01. The van der Waals surface area contributed by atoms with Crippen LogP contribution < -0.4 is 0 Å². The molecule has 0 unspecified atom stereocenters. The van der Waals surface area contributed by atoms with Gasteiger partial charge in [-0.1, -0.05) is 30.3 Å². The molecular formula is C14H13NO. The molecule has 0 radical (unpaired) electrons. The van der Waals surface area contributed by atoms with Crippen LogP contribution in [0.2, 0.25) is 0 Å². The van der Waals surface area contributed by atoms with E-state index < -0.39 is 0 Å². The van der Waals surface area contributed by atoms with Gasteiger partial charge in [0.1, 0.15) is 0 Å². The third-order valence-electron chi connectivity index (χ3n) is 2.85. The minimum atomic E-state index is -0.0779. The van der Waals surface area contributed by atoms with Crippen molar-refractivity contribution in [2.45, 2.75) is 25.7 Å². The van der Waals surface area contributed by atoms with Crippen molar-refractivity contribution >= 4 is 11.4 Å². The second kappa shape index (κ2) is 4.76. The molecule has 0 bridgehead atoms. The Labute approximate surface area is 95.2 Å². The predicted molar refractivity (Wildman–Crippen MR) is 62.8 cm³/mol. The highest BCUT2D eigenvalue weighted by molar-refractivity contribution is 6.01. The van der Waals surface area contributed by atoms with Crippen LogP contribution in [0, 0.1) is 11.3 Å². The molecule has 0 aliphatic heterocycles. The molecule has 0 heterocycles. The molecular weight excluding hydrogens is 198 g/mol. The van der Waals surface area contributed by atoms with E-state index in [0.29, 0.717) is 5.56 Å². The number of carbonyl (C=O) groups is 1. The molecule has 1 aliphatic carbocycles. The van der Waals surface area contributed by atoms with Crippen molar-refractivity contribution in [1.29, 1.82) is 5.26 Å². The summed E-state index contributed by atoms with van der Waals surface area (Å²) in [5, 5.41) is 8.57. The first kappa shape index (κ1) is 10.6. The number of benzene rings is 1. The maximum Gasteiger partial charge on any atom is 0.177 e. The Balaban J connectivity index is 2.38. The van der Waals surface area contributed by atoms with Crippen LogP contribution in [0.4, 0.5) is 0 Å². The third-order valence-corrected chi connectivity index (χ3v) is 2.85. The fourth-order valence-corrected chi connectivity index (χ4v) is 2.09. The summed E-state index contributed by atoms with van der Waals surface area (Å²) in [7, 11) is 0. The normalized spacial score (nSPS) is 14.3. The van der Waals surface area contributed by atoms with Gasteiger partial charge >= 0.3 is 0 Å². The van der Waals surface area contributed by atoms with Crippen molar-refractivity contribution < 1.29 is 4.79 Å². The fraction of sp³-hybridized carbons (Fsp3) is 0.286. The topological polar surface area (TPSA) is 40.9 Å². The van der Waals surface area contributed by atoms with E-state index in [1.807, 2.05) is 30.3 Å². The molecule has 0 amide bonds. The quantitative estimate of drug-likeness (QED) is 0.719. The fourth-order valence-electron chi connectivity index (χ4n) is 2.09. The first-order valence-corrected chi connectivity index (χ1v) is 5.51. The molecule has 1 aliphatic rings. The molecule has 2 nitrogen and oxygen atoms in total. The van der Waals surface area contributed by atoms with E-state index in [1.165, 1.54) is 5.57 Å². The number of hydrogen-bond donors (Lipinski definition) is 0. The first-order valence-electron chi connectivity index (χ1n) is 5.51. The van der Waals surface area contributed by atoms with E-state index in [1.54, 1.807) is 0 Å². The van der Waals surface area contributed by atoms with Crippen molar-refractivity contribution in [2.75, 3.05) is 0 Å². The van der Waals surface area contributed by atoms with Crippen LogP contribution in [-0.4, -0.2) is 5.78 Å². The summed E-state index contributed by atoms with van der Waals surface area (Å²) in [4.78, 5) is 11.8. The Morgan fingerprint density at radius 3 is 2.88 bits per heavy atom. The van der Waals surface area contributed by atoms with E-state index in [-0.39, 0.29) is 12.2 Å². The minimum Gasteiger partial charge on any atom is -0.293 e. The zero-order valence-corrected chi connectivity index (χ0v) is 9.07. The molecule has 1 aromatic rings. The molecule has 0 atom stereocenters. The van der Waals surface area contributed by atoms with Gasteiger partial charge in [0, 0.05) is 5.56 Å². The Morgan fingerprint density at radius 2 is 2.19 bits per heavy atom. The molecule has 0 spiro atoms. The highest BCUT2D eigenvalue weighted by Gasteiger charge is 2.15. The van der Waals surface area contributed by atoms with Crippen LogP contribution in [0.15, 0.2) is 30.3 Å². The summed E-state index contributed by atoms with van der Waals surface area (Å²) in [6, 6.07) is 9.50. The molecule has 0 fully saturated rings. The number of ketones is 1. The van der Waals surface area contributed by atoms with Gasteiger partial charge in [0.25, 0.3) is 0 Å². The lowest BCUT2D eigenvalue weighted by molar-refractivity contribution is 0.0997. The number of rotatable bonds is 3. The number of nitrogens with zero attached hydrogens (tertiary/aromatic N) is 1. The predicted octanol–water partition coefficient (Wildman–Crippen LogP) is 3.35. The number of hydrogen-bond acceptors (Lipinski definition) is 2. The Bertz CT molecular complexity index is 480. The summed E-state index contributed by atoms with van der Waals surface area (Å²) in [5.74, 6) is -0.0779. The van der Waals surface area contributed by atoms with Crippen LogP contribution >= 0.6 is 0 Å². The molecule has 80 valence electrons. The van der Waals surface area contributed by atoms with Crippen LogP contribution in [-0.2, 0) is 0 Å². The minimum absolute atomic E-state index is 0.0374. The van der Waals surface area contributed by atoms with Gasteiger partial charge < -0.3 is 0 Å². The standard InChI is InChI=1S/C14H13NO/c15-10-9-14(16)13-8-4-3-7-12(13)11-5-1-2-6-11/h3-5,7-8H,1-2,6,9H2. The van der Waals surface area contributed by atoms with E-state index in [4.69, 9.17) is 5.26 Å². The Hall–Kier alpha value is -1.88. The molecule has 2 heteroatoms. The summed E-state index contributed by atoms with van der Waals surface area (Å²) in [6.07, 6.45) is 5.45. The van der Waals surface area contributed by atoms with Crippen LogP contribution in [0.5, 0.6) is 0 Å². The molecule has 1 aromatic carbocycles. The highest BCUT2D eigenvalue weighted by atomic mass is 16.1. The van der Waals surface area contributed by atoms with Gasteiger partial charge in [-0.25, -0.2) is 0 Å². The van der Waals surface area contributed by atoms with E-state index in [9.17, 15) is 4.79 Å². The van der Waals surface area contributed by atoms with Crippen molar-refractivity contribution in [3.8, 4) is 6.07 Å². The van der Waals surface area contributed by atoms with Crippen LogP contribution in [0.1, 0.15) is 41.6 Å². The van der Waals surface area contributed by atoms with E-state index >= 15 is 0 Å². The van der Waals surface area contributed by atoms with Gasteiger partial charge in [0.15, 0.2) is 5.78 Å². The lowest BCUT2D eigenvalue weighted by atomic mass is 9.95. The summed E-state index contributed by atoms with van der Waals surface area (Å²) >= 11 is 0. The summed E-state index contributed by atoms with van der Waals surface area (Å²) in [5.41, 5.74) is 2.96. The summed E-state index contributed by atoms with van der Waals surface area (Å²) in [6.45, 7) is 0. The SMILES string of the molecule is N#CCC(=O)c1ccccc1C1=CCCC1. The smallest absolute Gasteiger partial charge is 0.177 e. The molecule has 0 aromatic heterocycles. The lowest BCUT2D eigenvalue weighted by Gasteiger charge is -2.07. The number of allylic oxidation sites excluding steroid dienone is 2.